The maximum Gasteiger partial charge on any atom is 0.270 e. The second-order valence-electron chi connectivity index (χ2n) is 6.27. The Bertz CT molecular complexity index is 1140. The Morgan fingerprint density at radius 3 is 2.72 bits per heavy atom. The van der Waals surface area contributed by atoms with Gasteiger partial charge in [-0.3, -0.25) is 14.7 Å². The number of pyridine rings is 1. The maximum absolute atomic E-state index is 12.9. The minimum atomic E-state index is -0.206. The van der Waals surface area contributed by atoms with Gasteiger partial charge in [0.15, 0.2) is 4.32 Å². The molecule has 0 atom stereocenters. The predicted octanol–water partition coefficient (Wildman–Crippen LogP) is 5.35. The molecule has 0 aliphatic carbocycles. The SMILES string of the molecule is Cc1nn(Cc2ccccc2Cl)c(Cl)c1/C=C1\SC(=S)N(c2cccnc2)C1=O. The van der Waals surface area contributed by atoms with Crippen LogP contribution in [0.2, 0.25) is 10.2 Å². The van der Waals surface area contributed by atoms with E-state index in [9.17, 15) is 4.79 Å². The Hall–Kier alpha value is -2.19. The lowest BCUT2D eigenvalue weighted by Gasteiger charge is -2.13. The second kappa shape index (κ2) is 8.28. The molecule has 0 bridgehead atoms. The molecular formula is C20H14Cl2N4OS2. The first-order valence-corrected chi connectivity index (χ1v) is 10.6. The van der Waals surface area contributed by atoms with Crippen molar-refractivity contribution in [1.82, 2.24) is 14.8 Å². The monoisotopic (exact) mass is 460 g/mol. The third kappa shape index (κ3) is 3.96. The third-order valence-electron chi connectivity index (χ3n) is 4.36. The summed E-state index contributed by atoms with van der Waals surface area (Å²) >= 11 is 19.5. The van der Waals surface area contributed by atoms with Crippen LogP contribution in [0, 0.1) is 6.92 Å². The number of carbonyl (C=O) groups is 1. The average Bonchev–Trinajstić information content (AvgIpc) is 3.14. The van der Waals surface area contributed by atoms with E-state index >= 15 is 0 Å². The topological polar surface area (TPSA) is 51.0 Å². The van der Waals surface area contributed by atoms with E-state index in [1.165, 1.54) is 16.7 Å². The molecule has 0 saturated carbocycles. The normalized spacial score (nSPS) is 15.6. The number of thioether (sulfide) groups is 1. The quantitative estimate of drug-likeness (QED) is 0.388. The van der Waals surface area contributed by atoms with E-state index in [0.717, 1.165) is 5.56 Å². The zero-order valence-corrected chi connectivity index (χ0v) is 18.3. The lowest BCUT2D eigenvalue weighted by molar-refractivity contribution is -0.113. The fourth-order valence-electron chi connectivity index (χ4n) is 2.93. The Morgan fingerprint density at radius 2 is 2.00 bits per heavy atom. The van der Waals surface area contributed by atoms with Crippen molar-refractivity contribution in [2.24, 2.45) is 0 Å². The highest BCUT2D eigenvalue weighted by Gasteiger charge is 2.34. The van der Waals surface area contributed by atoms with Crippen molar-refractivity contribution in [2.45, 2.75) is 13.5 Å². The van der Waals surface area contributed by atoms with Crippen LogP contribution in [-0.4, -0.2) is 25.0 Å². The molecule has 1 fully saturated rings. The first-order valence-electron chi connectivity index (χ1n) is 8.60. The summed E-state index contributed by atoms with van der Waals surface area (Å²) in [5.41, 5.74) is 2.95. The number of aromatic nitrogens is 3. The van der Waals surface area contributed by atoms with Crippen molar-refractivity contribution >= 4 is 69.2 Å². The van der Waals surface area contributed by atoms with Gasteiger partial charge in [0.05, 0.1) is 29.0 Å². The molecule has 3 aromatic rings. The van der Waals surface area contributed by atoms with Crippen LogP contribution in [0.25, 0.3) is 6.08 Å². The molecule has 0 radical (unpaired) electrons. The molecule has 9 heteroatoms. The lowest BCUT2D eigenvalue weighted by Crippen LogP contribution is -2.27. The van der Waals surface area contributed by atoms with Gasteiger partial charge >= 0.3 is 0 Å². The summed E-state index contributed by atoms with van der Waals surface area (Å²) in [6.45, 7) is 2.28. The van der Waals surface area contributed by atoms with Gasteiger partial charge < -0.3 is 0 Å². The van der Waals surface area contributed by atoms with E-state index in [1.54, 1.807) is 35.3 Å². The van der Waals surface area contributed by atoms with Crippen LogP contribution in [-0.2, 0) is 11.3 Å². The van der Waals surface area contributed by atoms with Crippen LogP contribution >= 0.6 is 47.2 Å². The van der Waals surface area contributed by atoms with E-state index in [4.69, 9.17) is 35.4 Å². The van der Waals surface area contributed by atoms with Crippen LogP contribution in [0.1, 0.15) is 16.8 Å². The number of carbonyl (C=O) groups excluding carboxylic acids is 1. The van der Waals surface area contributed by atoms with Gasteiger partial charge in [0.2, 0.25) is 0 Å². The number of rotatable bonds is 4. The molecule has 0 unspecified atom stereocenters. The summed E-state index contributed by atoms with van der Waals surface area (Å²) in [4.78, 5) is 18.9. The number of benzene rings is 1. The molecule has 29 heavy (non-hydrogen) atoms. The molecule has 2 aromatic heterocycles. The van der Waals surface area contributed by atoms with Gasteiger partial charge in [-0.2, -0.15) is 5.10 Å². The van der Waals surface area contributed by atoms with Crippen molar-refractivity contribution < 1.29 is 4.79 Å². The Balaban J connectivity index is 1.65. The minimum Gasteiger partial charge on any atom is -0.268 e. The number of hydrogen-bond acceptors (Lipinski definition) is 5. The Morgan fingerprint density at radius 1 is 1.21 bits per heavy atom. The molecule has 5 nitrogen and oxygen atoms in total. The van der Waals surface area contributed by atoms with E-state index < -0.39 is 0 Å². The zero-order chi connectivity index (χ0) is 20.5. The van der Waals surface area contributed by atoms with Gasteiger partial charge in [0.25, 0.3) is 5.91 Å². The van der Waals surface area contributed by atoms with Crippen molar-refractivity contribution in [3.8, 4) is 0 Å². The summed E-state index contributed by atoms with van der Waals surface area (Å²) in [6, 6.07) is 11.1. The maximum atomic E-state index is 12.9. The number of thiocarbonyl (C=S) groups is 1. The molecule has 1 aliphatic heterocycles. The van der Waals surface area contributed by atoms with E-state index in [1.807, 2.05) is 31.2 Å². The van der Waals surface area contributed by atoms with E-state index in [2.05, 4.69) is 10.1 Å². The molecule has 0 N–H and O–H groups in total. The van der Waals surface area contributed by atoms with Gasteiger partial charge in [-0.15, -0.1) is 0 Å². The molecule has 1 amide bonds. The van der Waals surface area contributed by atoms with Gasteiger partial charge in [-0.1, -0.05) is 65.4 Å². The second-order valence-corrected chi connectivity index (χ2v) is 8.71. The highest BCUT2D eigenvalue weighted by atomic mass is 35.5. The summed E-state index contributed by atoms with van der Waals surface area (Å²) in [5.74, 6) is -0.206. The number of nitrogens with zero attached hydrogens (tertiary/aromatic N) is 4. The van der Waals surface area contributed by atoms with Crippen molar-refractivity contribution in [1.29, 1.82) is 0 Å². The average molecular weight is 461 g/mol. The van der Waals surface area contributed by atoms with Gasteiger partial charge in [-0.05, 0) is 36.8 Å². The smallest absolute Gasteiger partial charge is 0.268 e. The van der Waals surface area contributed by atoms with Gasteiger partial charge in [0.1, 0.15) is 5.15 Å². The largest absolute Gasteiger partial charge is 0.270 e. The van der Waals surface area contributed by atoms with Crippen LogP contribution in [0.4, 0.5) is 5.69 Å². The number of aryl methyl sites for hydroxylation is 1. The van der Waals surface area contributed by atoms with Crippen LogP contribution < -0.4 is 4.90 Å². The fraction of sp³-hybridized carbons (Fsp3) is 0.100. The van der Waals surface area contributed by atoms with Crippen molar-refractivity contribution in [2.75, 3.05) is 4.90 Å². The predicted molar refractivity (Wildman–Crippen MR) is 122 cm³/mol. The fourth-order valence-corrected chi connectivity index (χ4v) is 4.70. The van der Waals surface area contributed by atoms with Crippen molar-refractivity contribution in [3.05, 3.63) is 80.7 Å². The Kier molecular flexibility index (Phi) is 5.74. The molecule has 1 aromatic carbocycles. The molecule has 4 rings (SSSR count). The van der Waals surface area contributed by atoms with Crippen LogP contribution in [0.15, 0.2) is 53.7 Å². The first-order chi connectivity index (χ1) is 14.0. The summed E-state index contributed by atoms with van der Waals surface area (Å²) < 4.78 is 2.12. The summed E-state index contributed by atoms with van der Waals surface area (Å²) in [6.07, 6.45) is 4.99. The Labute approximate surface area is 187 Å². The van der Waals surface area contributed by atoms with Gasteiger partial charge in [-0.25, -0.2) is 4.68 Å². The van der Waals surface area contributed by atoms with Gasteiger partial charge in [0, 0.05) is 16.8 Å². The highest BCUT2D eigenvalue weighted by Crippen LogP contribution is 2.37. The van der Waals surface area contributed by atoms with Crippen molar-refractivity contribution in [3.63, 3.8) is 0 Å². The van der Waals surface area contributed by atoms with E-state index in [0.29, 0.717) is 42.9 Å². The van der Waals surface area contributed by atoms with Crippen LogP contribution in [0.5, 0.6) is 0 Å². The van der Waals surface area contributed by atoms with Crippen LogP contribution in [0.3, 0.4) is 0 Å². The number of hydrogen-bond donors (Lipinski definition) is 0. The number of halogens is 2. The molecular weight excluding hydrogens is 447 g/mol. The van der Waals surface area contributed by atoms with E-state index in [-0.39, 0.29) is 5.91 Å². The lowest BCUT2D eigenvalue weighted by atomic mass is 10.2. The minimum absolute atomic E-state index is 0.206. The first kappa shape index (κ1) is 20.1. The summed E-state index contributed by atoms with van der Waals surface area (Å²) in [5, 5.41) is 5.60. The molecule has 0 spiro atoms. The zero-order valence-electron chi connectivity index (χ0n) is 15.2. The highest BCUT2D eigenvalue weighted by molar-refractivity contribution is 8.27. The molecule has 146 valence electrons. The summed E-state index contributed by atoms with van der Waals surface area (Å²) in [7, 11) is 0. The number of anilines is 1. The molecule has 3 heterocycles. The number of amides is 1. The molecule has 1 saturated heterocycles. The standard InChI is InChI=1S/C20H14Cl2N4OS2/c1-12-15(18(22)25(24-12)11-13-5-2-3-7-16(13)21)9-17-19(27)26(20(28)29-17)14-6-4-8-23-10-14/h2-10H,11H2,1H3/b17-9-. The third-order valence-corrected chi connectivity index (χ3v) is 6.43. The molecule has 1 aliphatic rings.